The Morgan fingerprint density at radius 3 is 2.44 bits per heavy atom. The lowest BCUT2D eigenvalue weighted by Crippen LogP contribution is -2.25. The predicted molar refractivity (Wildman–Crippen MR) is 126 cm³/mol. The van der Waals surface area contributed by atoms with E-state index in [0.717, 1.165) is 27.1 Å². The van der Waals surface area contributed by atoms with Crippen LogP contribution >= 0.6 is 22.7 Å². The van der Waals surface area contributed by atoms with Gasteiger partial charge in [0.1, 0.15) is 0 Å². The minimum Gasteiger partial charge on any atom is -0.295 e. The van der Waals surface area contributed by atoms with Crippen LogP contribution in [-0.4, -0.2) is 27.8 Å². The molecular formula is C22H16N4O4S2. The first-order chi connectivity index (χ1) is 15.3. The highest BCUT2D eigenvalue weighted by atomic mass is 32.1. The lowest BCUT2D eigenvalue weighted by molar-refractivity contribution is -0.380. The van der Waals surface area contributed by atoms with Crippen LogP contribution in [-0.2, 0) is 0 Å². The van der Waals surface area contributed by atoms with Crippen LogP contribution in [0.3, 0.4) is 0 Å². The summed E-state index contributed by atoms with van der Waals surface area (Å²) < 4.78 is 0.909. The summed E-state index contributed by atoms with van der Waals surface area (Å²) >= 11 is 2.27. The van der Waals surface area contributed by atoms with Gasteiger partial charge in [-0.1, -0.05) is 40.9 Å². The summed E-state index contributed by atoms with van der Waals surface area (Å²) in [7, 11) is 0. The molecule has 2 aromatic heterocycles. The number of hydrazone groups is 1. The zero-order valence-electron chi connectivity index (χ0n) is 17.0. The average molecular weight is 465 g/mol. The highest BCUT2D eigenvalue weighted by molar-refractivity contribution is 7.22. The molecule has 0 unspecified atom stereocenters. The number of benzene rings is 2. The molecule has 0 saturated carbocycles. The van der Waals surface area contributed by atoms with Gasteiger partial charge in [0.15, 0.2) is 5.78 Å². The van der Waals surface area contributed by atoms with Crippen molar-refractivity contribution in [3.63, 3.8) is 0 Å². The van der Waals surface area contributed by atoms with Crippen molar-refractivity contribution in [2.75, 3.05) is 5.01 Å². The third kappa shape index (κ3) is 4.46. The molecule has 0 radical (unpaired) electrons. The normalized spacial score (nSPS) is 11.2. The van der Waals surface area contributed by atoms with E-state index >= 15 is 0 Å². The number of fused-ring (bicyclic) bond motifs is 1. The number of thiophene rings is 1. The number of hydrogen-bond donors (Lipinski definition) is 0. The molecule has 2 heterocycles. The van der Waals surface area contributed by atoms with E-state index in [1.165, 1.54) is 35.6 Å². The highest BCUT2D eigenvalue weighted by Gasteiger charge is 2.21. The number of Topliss-reactive ketones (excluding diaryl/α,β-unsaturated/α-hetero) is 1. The molecule has 0 aliphatic carbocycles. The van der Waals surface area contributed by atoms with Gasteiger partial charge in [0.05, 0.1) is 26.2 Å². The van der Waals surface area contributed by atoms with Crippen LogP contribution in [0.25, 0.3) is 10.2 Å². The Labute approximate surface area is 190 Å². The molecule has 2 aromatic carbocycles. The molecule has 0 saturated heterocycles. The fraction of sp³-hybridized carbons (Fsp3) is 0.0909. The molecule has 4 rings (SSSR count). The van der Waals surface area contributed by atoms with Crippen molar-refractivity contribution in [2.24, 2.45) is 5.10 Å². The molecule has 8 nitrogen and oxygen atoms in total. The first kappa shape index (κ1) is 21.5. The molecule has 0 atom stereocenters. The van der Waals surface area contributed by atoms with Crippen molar-refractivity contribution in [3.8, 4) is 0 Å². The number of aromatic nitrogens is 1. The van der Waals surface area contributed by atoms with Crippen molar-refractivity contribution >= 4 is 60.9 Å². The molecular weight excluding hydrogens is 448 g/mol. The second kappa shape index (κ2) is 8.77. The van der Waals surface area contributed by atoms with E-state index in [4.69, 9.17) is 0 Å². The van der Waals surface area contributed by atoms with Crippen LogP contribution < -0.4 is 5.01 Å². The zero-order chi connectivity index (χ0) is 22.8. The molecule has 0 aliphatic heterocycles. The maximum atomic E-state index is 13.3. The Kier molecular flexibility index (Phi) is 5.89. The predicted octanol–water partition coefficient (Wildman–Crippen LogP) is 5.46. The van der Waals surface area contributed by atoms with Gasteiger partial charge in [0.25, 0.3) is 5.91 Å². The number of nitrogens with zero attached hydrogens (tertiary/aromatic N) is 4. The van der Waals surface area contributed by atoms with Gasteiger partial charge in [-0.05, 0) is 49.7 Å². The average Bonchev–Trinajstić information content (AvgIpc) is 3.40. The number of thiazole rings is 1. The van der Waals surface area contributed by atoms with E-state index in [1.807, 2.05) is 25.1 Å². The number of aryl methyl sites for hydroxylation is 1. The number of rotatable bonds is 6. The molecule has 10 heteroatoms. The maximum Gasteiger partial charge on any atom is 0.324 e. The van der Waals surface area contributed by atoms with E-state index in [2.05, 4.69) is 10.1 Å². The number of ketones is 1. The topological polar surface area (TPSA) is 106 Å². The summed E-state index contributed by atoms with van der Waals surface area (Å²) in [6.45, 7) is 3.43. The molecule has 0 bridgehead atoms. The standard InChI is InChI=1S/C22H16N4O4S2/c1-13-3-9-18-19(11-13)32-22(24-18)25(23-12-17-8-10-20(31-17)26(29)30)21(28)16-6-4-15(5-7-16)14(2)27/h3-12H,1-2H3/b23-12+. The van der Waals surface area contributed by atoms with Crippen LogP contribution in [0.1, 0.15) is 38.1 Å². The summed E-state index contributed by atoms with van der Waals surface area (Å²) in [6.07, 6.45) is 1.40. The van der Waals surface area contributed by atoms with E-state index in [1.54, 1.807) is 30.3 Å². The van der Waals surface area contributed by atoms with E-state index in [9.17, 15) is 19.7 Å². The van der Waals surface area contributed by atoms with Gasteiger partial charge in [0, 0.05) is 17.2 Å². The summed E-state index contributed by atoms with van der Waals surface area (Å²) in [6, 6.07) is 15.0. The maximum absolute atomic E-state index is 13.3. The van der Waals surface area contributed by atoms with Crippen molar-refractivity contribution < 1.29 is 14.5 Å². The Morgan fingerprint density at radius 2 is 1.78 bits per heavy atom. The fourth-order valence-electron chi connectivity index (χ4n) is 2.89. The van der Waals surface area contributed by atoms with Gasteiger partial charge in [-0.3, -0.25) is 19.7 Å². The molecule has 1 amide bonds. The Bertz CT molecular complexity index is 1370. The molecule has 0 fully saturated rings. The lowest BCUT2D eigenvalue weighted by atomic mass is 10.1. The smallest absolute Gasteiger partial charge is 0.295 e. The third-order valence-electron chi connectivity index (χ3n) is 4.54. The number of carbonyl (C=O) groups is 2. The Morgan fingerprint density at radius 1 is 1.06 bits per heavy atom. The third-order valence-corrected chi connectivity index (χ3v) is 6.50. The summed E-state index contributed by atoms with van der Waals surface area (Å²) in [5, 5.41) is 16.8. The zero-order valence-corrected chi connectivity index (χ0v) is 18.6. The van der Waals surface area contributed by atoms with Gasteiger partial charge in [0.2, 0.25) is 5.13 Å². The number of carbonyl (C=O) groups excluding carboxylic acids is 2. The quantitative estimate of drug-likeness (QED) is 0.163. The van der Waals surface area contributed by atoms with E-state index in [-0.39, 0.29) is 10.8 Å². The number of amides is 1. The minimum atomic E-state index is -0.475. The lowest BCUT2D eigenvalue weighted by Gasteiger charge is -2.13. The number of hydrogen-bond acceptors (Lipinski definition) is 8. The first-order valence-electron chi connectivity index (χ1n) is 9.42. The van der Waals surface area contributed by atoms with E-state index < -0.39 is 10.8 Å². The van der Waals surface area contributed by atoms with Crippen molar-refractivity contribution in [1.29, 1.82) is 0 Å². The summed E-state index contributed by atoms with van der Waals surface area (Å²) in [5.41, 5.74) is 2.64. The number of nitro groups is 1. The summed E-state index contributed by atoms with van der Waals surface area (Å²) in [4.78, 5) is 40.4. The summed E-state index contributed by atoms with van der Waals surface area (Å²) in [5.74, 6) is -0.530. The second-order valence-corrected chi connectivity index (χ2v) is 9.00. The van der Waals surface area contributed by atoms with Crippen LogP contribution in [0.15, 0.2) is 59.7 Å². The molecule has 0 spiro atoms. The van der Waals surface area contributed by atoms with Gasteiger partial charge in [-0.25, -0.2) is 4.98 Å². The van der Waals surface area contributed by atoms with Crippen LogP contribution in [0.2, 0.25) is 0 Å². The van der Waals surface area contributed by atoms with Crippen LogP contribution in [0.5, 0.6) is 0 Å². The highest BCUT2D eigenvalue weighted by Crippen LogP contribution is 2.31. The molecule has 0 aliphatic rings. The fourth-order valence-corrected chi connectivity index (χ4v) is 4.60. The molecule has 32 heavy (non-hydrogen) atoms. The van der Waals surface area contributed by atoms with Gasteiger partial charge in [-0.15, -0.1) is 0 Å². The van der Waals surface area contributed by atoms with Gasteiger partial charge < -0.3 is 0 Å². The minimum absolute atomic E-state index is 0.0142. The van der Waals surface area contributed by atoms with E-state index in [0.29, 0.717) is 21.1 Å². The Hall–Kier alpha value is -3.76. The SMILES string of the molecule is CC(=O)c1ccc(C(=O)N(/N=C/c2ccc([N+](=O)[O-])s2)c2nc3ccc(C)cc3s2)cc1. The molecule has 0 N–H and O–H groups in total. The molecule has 160 valence electrons. The van der Waals surface area contributed by atoms with Crippen molar-refractivity contribution in [2.45, 2.75) is 13.8 Å². The molecule has 4 aromatic rings. The Balaban J connectivity index is 1.73. The first-order valence-corrected chi connectivity index (χ1v) is 11.1. The largest absolute Gasteiger partial charge is 0.324 e. The number of anilines is 1. The second-order valence-electron chi connectivity index (χ2n) is 6.90. The van der Waals surface area contributed by atoms with Gasteiger partial charge in [-0.2, -0.15) is 10.1 Å². The monoisotopic (exact) mass is 464 g/mol. The van der Waals surface area contributed by atoms with Gasteiger partial charge >= 0.3 is 5.00 Å². The van der Waals surface area contributed by atoms with Crippen LogP contribution in [0.4, 0.5) is 10.1 Å². The van der Waals surface area contributed by atoms with Crippen LogP contribution in [0, 0.1) is 17.0 Å². The van der Waals surface area contributed by atoms with Crippen molar-refractivity contribution in [3.05, 3.63) is 86.3 Å². The van der Waals surface area contributed by atoms with Crippen molar-refractivity contribution in [1.82, 2.24) is 4.98 Å².